The molecule has 0 spiro atoms. The molecule has 1 fully saturated rings. The number of carboxylic acids is 1. The SMILES string of the molecule is Cc1cccc2c(=O)cc(-c3ccc(OCCO[C@H]4C[C@@H](C(=O)O)C4)cc3)oc12. The second-order valence-corrected chi connectivity index (χ2v) is 7.30. The zero-order chi connectivity index (χ0) is 20.4. The minimum absolute atomic E-state index is 0.0151. The lowest BCUT2D eigenvalue weighted by Gasteiger charge is -2.31. The summed E-state index contributed by atoms with van der Waals surface area (Å²) in [4.78, 5) is 23.1. The third-order valence-electron chi connectivity index (χ3n) is 5.24. The summed E-state index contributed by atoms with van der Waals surface area (Å²) in [7, 11) is 0. The molecular formula is C23H22O6. The molecular weight excluding hydrogens is 372 g/mol. The Balaban J connectivity index is 1.35. The molecule has 1 aliphatic carbocycles. The molecule has 0 radical (unpaired) electrons. The van der Waals surface area contributed by atoms with Crippen molar-refractivity contribution in [3.8, 4) is 17.1 Å². The Kier molecular flexibility index (Phi) is 5.36. The van der Waals surface area contributed by atoms with Crippen molar-refractivity contribution in [1.82, 2.24) is 0 Å². The van der Waals surface area contributed by atoms with Gasteiger partial charge in [0.05, 0.1) is 24.0 Å². The Morgan fingerprint density at radius 1 is 1.14 bits per heavy atom. The maximum atomic E-state index is 12.4. The first kappa shape index (κ1) is 19.2. The fourth-order valence-electron chi connectivity index (χ4n) is 3.45. The first-order valence-electron chi connectivity index (χ1n) is 9.62. The summed E-state index contributed by atoms with van der Waals surface area (Å²) in [5, 5.41) is 9.43. The predicted molar refractivity (Wildman–Crippen MR) is 108 cm³/mol. The summed E-state index contributed by atoms with van der Waals surface area (Å²) in [6.45, 7) is 2.72. The van der Waals surface area contributed by atoms with E-state index in [9.17, 15) is 9.59 Å². The number of fused-ring (bicyclic) bond motifs is 1. The lowest BCUT2D eigenvalue weighted by molar-refractivity contribution is -0.151. The number of aliphatic carboxylic acids is 1. The van der Waals surface area contributed by atoms with Gasteiger partial charge >= 0.3 is 5.97 Å². The van der Waals surface area contributed by atoms with Gasteiger partial charge in [0.25, 0.3) is 0 Å². The third-order valence-corrected chi connectivity index (χ3v) is 5.24. The number of carbonyl (C=O) groups is 1. The van der Waals surface area contributed by atoms with E-state index < -0.39 is 5.97 Å². The monoisotopic (exact) mass is 394 g/mol. The Morgan fingerprint density at radius 3 is 2.62 bits per heavy atom. The van der Waals surface area contributed by atoms with Crippen molar-refractivity contribution in [3.63, 3.8) is 0 Å². The molecule has 2 aromatic carbocycles. The molecule has 6 heteroatoms. The second-order valence-electron chi connectivity index (χ2n) is 7.30. The van der Waals surface area contributed by atoms with Gasteiger partial charge in [-0.2, -0.15) is 0 Å². The smallest absolute Gasteiger partial charge is 0.306 e. The number of para-hydroxylation sites is 1. The molecule has 1 aromatic heterocycles. The van der Waals surface area contributed by atoms with Crippen LogP contribution in [0.3, 0.4) is 0 Å². The van der Waals surface area contributed by atoms with E-state index in [0.29, 0.717) is 48.5 Å². The summed E-state index contributed by atoms with van der Waals surface area (Å²) in [6, 6.07) is 14.4. The topological polar surface area (TPSA) is 86.0 Å². The predicted octanol–water partition coefficient (Wildman–Crippen LogP) is 4.03. The number of ether oxygens (including phenoxy) is 2. The Hall–Kier alpha value is -3.12. The van der Waals surface area contributed by atoms with Crippen molar-refractivity contribution >= 4 is 16.9 Å². The lowest BCUT2D eigenvalue weighted by atomic mass is 9.82. The van der Waals surface area contributed by atoms with E-state index in [-0.39, 0.29) is 17.5 Å². The van der Waals surface area contributed by atoms with Crippen LogP contribution in [0.2, 0.25) is 0 Å². The van der Waals surface area contributed by atoms with E-state index in [0.717, 1.165) is 11.1 Å². The number of hydrogen-bond acceptors (Lipinski definition) is 5. The Bertz CT molecular complexity index is 1080. The highest BCUT2D eigenvalue weighted by Gasteiger charge is 2.34. The molecule has 4 rings (SSSR count). The largest absolute Gasteiger partial charge is 0.491 e. The summed E-state index contributed by atoms with van der Waals surface area (Å²) < 4.78 is 17.2. The van der Waals surface area contributed by atoms with Crippen molar-refractivity contribution in [1.29, 1.82) is 0 Å². The maximum absolute atomic E-state index is 12.4. The van der Waals surface area contributed by atoms with E-state index in [2.05, 4.69) is 0 Å². The number of benzene rings is 2. The Labute approximate surface area is 167 Å². The third kappa shape index (κ3) is 4.17. The normalized spacial score (nSPS) is 18.4. The fourth-order valence-corrected chi connectivity index (χ4v) is 3.45. The van der Waals surface area contributed by atoms with Crippen molar-refractivity contribution < 1.29 is 23.8 Å². The molecule has 1 aliphatic rings. The average Bonchev–Trinajstić information content (AvgIpc) is 2.67. The molecule has 0 atom stereocenters. The minimum atomic E-state index is -0.751. The molecule has 1 heterocycles. The standard InChI is InChI=1S/C23H22O6/c1-14-3-2-4-19-20(24)13-21(29-22(14)19)15-5-7-17(8-6-15)27-9-10-28-18-11-16(12-18)23(25)26/h2-8,13,16,18H,9-12H2,1H3,(H,25,26)/t16-,18+. The van der Waals surface area contributed by atoms with Gasteiger partial charge in [-0.3, -0.25) is 9.59 Å². The van der Waals surface area contributed by atoms with Crippen molar-refractivity contribution in [3.05, 3.63) is 64.3 Å². The van der Waals surface area contributed by atoms with Gasteiger partial charge in [-0.05, 0) is 55.7 Å². The highest BCUT2D eigenvalue weighted by molar-refractivity contribution is 5.81. The number of carboxylic acid groups (broad SMARTS) is 1. The first-order chi connectivity index (χ1) is 14.0. The molecule has 0 bridgehead atoms. The van der Waals surface area contributed by atoms with Gasteiger partial charge in [0.15, 0.2) is 5.43 Å². The van der Waals surface area contributed by atoms with Crippen LogP contribution in [-0.2, 0) is 9.53 Å². The van der Waals surface area contributed by atoms with Gasteiger partial charge in [-0.25, -0.2) is 0 Å². The van der Waals surface area contributed by atoms with Crippen LogP contribution in [0, 0.1) is 12.8 Å². The van der Waals surface area contributed by atoms with Gasteiger partial charge < -0.3 is 19.0 Å². The van der Waals surface area contributed by atoms with Gasteiger partial charge in [0.1, 0.15) is 23.7 Å². The van der Waals surface area contributed by atoms with Gasteiger partial charge in [0, 0.05) is 11.6 Å². The molecule has 3 aromatic rings. The molecule has 1 saturated carbocycles. The van der Waals surface area contributed by atoms with Crippen molar-refractivity contribution in [2.45, 2.75) is 25.9 Å². The van der Waals surface area contributed by atoms with Crippen molar-refractivity contribution in [2.24, 2.45) is 5.92 Å². The van der Waals surface area contributed by atoms with Crippen LogP contribution in [0.1, 0.15) is 18.4 Å². The molecule has 6 nitrogen and oxygen atoms in total. The zero-order valence-corrected chi connectivity index (χ0v) is 16.1. The van der Waals surface area contributed by atoms with Crippen LogP contribution in [0.15, 0.2) is 57.7 Å². The van der Waals surface area contributed by atoms with E-state index in [1.165, 1.54) is 6.07 Å². The second kappa shape index (κ2) is 8.09. The molecule has 1 N–H and O–H groups in total. The Morgan fingerprint density at radius 2 is 1.90 bits per heavy atom. The molecule has 0 saturated heterocycles. The van der Waals surface area contributed by atoms with Crippen LogP contribution in [-0.4, -0.2) is 30.4 Å². The van der Waals surface area contributed by atoms with Crippen LogP contribution in [0.25, 0.3) is 22.3 Å². The molecule has 0 aliphatic heterocycles. The first-order valence-corrected chi connectivity index (χ1v) is 9.62. The summed E-state index contributed by atoms with van der Waals surface area (Å²) in [5.74, 6) is 0.185. The molecule has 29 heavy (non-hydrogen) atoms. The van der Waals surface area contributed by atoms with E-state index >= 15 is 0 Å². The average molecular weight is 394 g/mol. The molecule has 0 unspecified atom stereocenters. The molecule has 0 amide bonds. The highest BCUT2D eigenvalue weighted by Crippen LogP contribution is 2.30. The van der Waals surface area contributed by atoms with E-state index in [1.54, 1.807) is 6.07 Å². The lowest BCUT2D eigenvalue weighted by Crippen LogP contribution is -2.36. The summed E-state index contributed by atoms with van der Waals surface area (Å²) in [5.41, 5.74) is 2.25. The van der Waals surface area contributed by atoms with Crippen LogP contribution in [0.4, 0.5) is 0 Å². The van der Waals surface area contributed by atoms with Crippen molar-refractivity contribution in [2.75, 3.05) is 13.2 Å². The van der Waals surface area contributed by atoms with Crippen LogP contribution in [0.5, 0.6) is 5.75 Å². The number of rotatable bonds is 7. The van der Waals surface area contributed by atoms with Gasteiger partial charge in [0.2, 0.25) is 0 Å². The van der Waals surface area contributed by atoms with E-state index in [1.807, 2.05) is 43.3 Å². The molecule has 150 valence electrons. The quantitative estimate of drug-likeness (QED) is 0.609. The van der Waals surface area contributed by atoms with Crippen LogP contribution >= 0.6 is 0 Å². The van der Waals surface area contributed by atoms with Crippen LogP contribution < -0.4 is 10.2 Å². The van der Waals surface area contributed by atoms with E-state index in [4.69, 9.17) is 19.0 Å². The fraction of sp³-hybridized carbons (Fsp3) is 0.304. The van der Waals surface area contributed by atoms with Gasteiger partial charge in [-0.1, -0.05) is 12.1 Å². The summed E-state index contributed by atoms with van der Waals surface area (Å²) in [6.07, 6.45) is 1.15. The van der Waals surface area contributed by atoms with Gasteiger partial charge in [-0.15, -0.1) is 0 Å². The zero-order valence-electron chi connectivity index (χ0n) is 16.1. The maximum Gasteiger partial charge on any atom is 0.306 e. The highest BCUT2D eigenvalue weighted by atomic mass is 16.5. The number of aryl methyl sites for hydroxylation is 1. The minimum Gasteiger partial charge on any atom is -0.491 e. The number of hydrogen-bond donors (Lipinski definition) is 1. The summed E-state index contributed by atoms with van der Waals surface area (Å²) >= 11 is 0.